The molecule has 220 valence electrons. The summed E-state index contributed by atoms with van der Waals surface area (Å²) in [5, 5.41) is 12.4. The lowest BCUT2D eigenvalue weighted by Gasteiger charge is -2.20. The summed E-state index contributed by atoms with van der Waals surface area (Å²) in [6.07, 6.45) is -3.78. The second-order valence-electron chi connectivity index (χ2n) is 9.61. The van der Waals surface area contributed by atoms with Crippen molar-refractivity contribution in [3.05, 3.63) is 108 Å². The minimum Gasteiger partial charge on any atom is -0.480 e. The Labute approximate surface area is 260 Å². The Morgan fingerprint density at radius 2 is 1.74 bits per heavy atom. The van der Waals surface area contributed by atoms with Crippen LogP contribution in [0, 0.1) is 0 Å². The van der Waals surface area contributed by atoms with Crippen molar-refractivity contribution in [2.45, 2.75) is 18.6 Å². The first-order chi connectivity index (χ1) is 20.3. The van der Waals surface area contributed by atoms with Crippen molar-refractivity contribution in [3.63, 3.8) is 0 Å². The number of alkyl halides is 3. The summed E-state index contributed by atoms with van der Waals surface area (Å²) in [4.78, 5) is 42.9. The van der Waals surface area contributed by atoms with Gasteiger partial charge in [0.25, 0.3) is 11.5 Å². The zero-order valence-corrected chi connectivity index (χ0v) is 25.1. The van der Waals surface area contributed by atoms with Crippen molar-refractivity contribution in [1.29, 1.82) is 0 Å². The Hall–Kier alpha value is -3.93. The van der Waals surface area contributed by atoms with Crippen molar-refractivity contribution < 1.29 is 27.9 Å². The number of halogens is 6. The molecule has 0 saturated heterocycles. The summed E-state index contributed by atoms with van der Waals surface area (Å²) >= 11 is 15.4. The van der Waals surface area contributed by atoms with Gasteiger partial charge in [-0.1, -0.05) is 63.4 Å². The number of nitrogens with zero attached hydrogens (tertiary/aromatic N) is 2. The van der Waals surface area contributed by atoms with Crippen molar-refractivity contribution in [3.8, 4) is 11.1 Å². The molecule has 1 atom stereocenters. The Balaban J connectivity index is 1.66. The van der Waals surface area contributed by atoms with Crippen molar-refractivity contribution in [1.82, 2.24) is 14.9 Å². The topological polar surface area (TPSA) is 101 Å². The van der Waals surface area contributed by atoms with Crippen LogP contribution < -0.4 is 10.9 Å². The van der Waals surface area contributed by atoms with Gasteiger partial charge in [-0.25, -0.2) is 4.79 Å². The van der Waals surface area contributed by atoms with Gasteiger partial charge >= 0.3 is 12.1 Å². The summed E-state index contributed by atoms with van der Waals surface area (Å²) in [6, 6.07) is 12.9. The van der Waals surface area contributed by atoms with E-state index in [0.717, 1.165) is 4.57 Å². The standard InChI is InChI=1S/C30H19BrCl2F3N3O4/c1-39-22-10-8-15(31)13-18(22)25(30(34,35)36)23(28(39)41)16-9-7-14(26-17(16)4-3-11-37-26)12-21(29(42)43)38-27(40)24-19(32)5-2-6-20(24)33/h2-11,13,21H,12H2,1H3,(H,38,40)(H,42,43). The van der Waals surface area contributed by atoms with Crippen LogP contribution >= 0.6 is 39.1 Å². The average molecular weight is 693 g/mol. The summed E-state index contributed by atoms with van der Waals surface area (Å²) in [5.74, 6) is -2.20. The molecule has 0 bridgehead atoms. The van der Waals surface area contributed by atoms with Crippen LogP contribution in [0.4, 0.5) is 13.2 Å². The van der Waals surface area contributed by atoms with Crippen LogP contribution in [0.15, 0.2) is 76.1 Å². The number of carbonyl (C=O) groups is 2. The lowest BCUT2D eigenvalue weighted by molar-refractivity contribution is -0.139. The molecule has 2 heterocycles. The molecule has 0 fully saturated rings. The highest BCUT2D eigenvalue weighted by atomic mass is 79.9. The molecule has 13 heteroatoms. The number of aryl methyl sites for hydroxylation is 1. The maximum atomic E-state index is 14.7. The first kappa shape index (κ1) is 30.5. The number of carbonyl (C=O) groups excluding carboxylic acids is 1. The molecule has 0 aliphatic heterocycles. The molecule has 0 saturated carbocycles. The number of nitrogens with one attached hydrogen (secondary N) is 1. The van der Waals surface area contributed by atoms with Gasteiger partial charge in [0.15, 0.2) is 0 Å². The second-order valence-corrected chi connectivity index (χ2v) is 11.3. The lowest BCUT2D eigenvalue weighted by Crippen LogP contribution is -2.42. The molecule has 43 heavy (non-hydrogen) atoms. The molecule has 0 aliphatic rings. The van der Waals surface area contributed by atoms with Crippen LogP contribution in [0.1, 0.15) is 21.5 Å². The number of rotatable bonds is 6. The Morgan fingerprint density at radius 1 is 1.05 bits per heavy atom. The molecule has 1 unspecified atom stereocenters. The Kier molecular flexibility index (Phi) is 8.26. The number of amides is 1. The number of aliphatic carboxylic acids is 1. The van der Waals surface area contributed by atoms with E-state index in [0.29, 0.717) is 10.0 Å². The number of aromatic nitrogens is 2. The average Bonchev–Trinajstić information content (AvgIpc) is 2.94. The third kappa shape index (κ3) is 5.72. The van der Waals surface area contributed by atoms with Crippen molar-refractivity contribution in [2.75, 3.05) is 0 Å². The lowest BCUT2D eigenvalue weighted by atomic mass is 9.91. The van der Waals surface area contributed by atoms with Crippen LogP contribution in [0.5, 0.6) is 0 Å². The Bertz CT molecular complexity index is 1990. The number of hydrogen-bond donors (Lipinski definition) is 2. The maximum Gasteiger partial charge on any atom is 0.417 e. The van der Waals surface area contributed by atoms with Crippen LogP contribution in [0.2, 0.25) is 10.0 Å². The molecular formula is C30H19BrCl2F3N3O4. The van der Waals surface area contributed by atoms with Gasteiger partial charge in [0.05, 0.1) is 37.8 Å². The normalized spacial score (nSPS) is 12.4. The van der Waals surface area contributed by atoms with Gasteiger partial charge in [0.1, 0.15) is 6.04 Å². The van der Waals surface area contributed by atoms with Crippen LogP contribution in [0.25, 0.3) is 32.9 Å². The second kappa shape index (κ2) is 11.6. The zero-order valence-electron chi connectivity index (χ0n) is 22.0. The minimum atomic E-state index is -4.90. The quantitative estimate of drug-likeness (QED) is 0.195. The van der Waals surface area contributed by atoms with E-state index in [1.807, 2.05) is 0 Å². The molecular weight excluding hydrogens is 674 g/mol. The maximum absolute atomic E-state index is 14.7. The largest absolute Gasteiger partial charge is 0.480 e. The van der Waals surface area contributed by atoms with E-state index in [-0.39, 0.29) is 49.4 Å². The van der Waals surface area contributed by atoms with Gasteiger partial charge < -0.3 is 15.0 Å². The monoisotopic (exact) mass is 691 g/mol. The molecule has 3 aromatic carbocycles. The molecule has 0 aliphatic carbocycles. The fourth-order valence-electron chi connectivity index (χ4n) is 5.04. The molecule has 0 radical (unpaired) electrons. The number of hydrogen-bond acceptors (Lipinski definition) is 4. The highest BCUT2D eigenvalue weighted by Gasteiger charge is 2.38. The SMILES string of the molecule is Cn1c(=O)c(-c2ccc(CC(NC(=O)c3c(Cl)cccc3Cl)C(=O)O)c3ncccc23)c(C(F)(F)F)c2cc(Br)ccc21. The van der Waals surface area contributed by atoms with Crippen molar-refractivity contribution in [2.24, 2.45) is 7.05 Å². The zero-order chi connectivity index (χ0) is 31.2. The fraction of sp³-hybridized carbons (Fsp3) is 0.133. The van der Waals surface area contributed by atoms with E-state index in [1.54, 1.807) is 6.07 Å². The third-order valence-corrected chi connectivity index (χ3v) is 8.10. The van der Waals surface area contributed by atoms with E-state index >= 15 is 0 Å². The predicted octanol–water partition coefficient (Wildman–Crippen LogP) is 7.27. The number of carboxylic acid groups (broad SMARTS) is 1. The number of carboxylic acids is 1. The summed E-state index contributed by atoms with van der Waals surface area (Å²) < 4.78 is 45.5. The third-order valence-electron chi connectivity index (χ3n) is 6.98. The van der Waals surface area contributed by atoms with Crippen LogP contribution in [-0.4, -0.2) is 32.6 Å². The van der Waals surface area contributed by atoms with E-state index in [9.17, 15) is 32.7 Å². The smallest absolute Gasteiger partial charge is 0.417 e. The van der Waals surface area contributed by atoms with Gasteiger partial charge in [0, 0.05) is 34.9 Å². The number of benzene rings is 3. The first-order valence-corrected chi connectivity index (χ1v) is 14.1. The molecule has 2 aromatic heterocycles. The molecule has 7 nitrogen and oxygen atoms in total. The van der Waals surface area contributed by atoms with E-state index in [4.69, 9.17) is 23.2 Å². The van der Waals surface area contributed by atoms with Crippen molar-refractivity contribution >= 4 is 72.8 Å². The predicted molar refractivity (Wildman–Crippen MR) is 162 cm³/mol. The highest BCUT2D eigenvalue weighted by molar-refractivity contribution is 9.10. The van der Waals surface area contributed by atoms with E-state index < -0.39 is 40.8 Å². The molecule has 0 spiro atoms. The summed E-state index contributed by atoms with van der Waals surface area (Å²) in [5.41, 5.74) is -2.09. The van der Waals surface area contributed by atoms with Gasteiger partial charge in [-0.3, -0.25) is 14.6 Å². The number of pyridine rings is 2. The molecule has 1 amide bonds. The van der Waals surface area contributed by atoms with Gasteiger partial charge in [-0.2, -0.15) is 13.2 Å². The summed E-state index contributed by atoms with van der Waals surface area (Å²) in [6.45, 7) is 0. The van der Waals surface area contributed by atoms with E-state index in [2.05, 4.69) is 26.2 Å². The highest BCUT2D eigenvalue weighted by Crippen LogP contribution is 2.42. The first-order valence-electron chi connectivity index (χ1n) is 12.5. The van der Waals surface area contributed by atoms with Gasteiger partial charge in [-0.05, 0) is 47.5 Å². The molecule has 2 N–H and O–H groups in total. The summed E-state index contributed by atoms with van der Waals surface area (Å²) in [7, 11) is 1.39. The van der Waals surface area contributed by atoms with Gasteiger partial charge in [-0.15, -0.1) is 0 Å². The minimum absolute atomic E-state index is 0.0232. The Morgan fingerprint density at radius 3 is 2.40 bits per heavy atom. The fourth-order valence-corrected chi connectivity index (χ4v) is 5.97. The van der Waals surface area contributed by atoms with Crippen LogP contribution in [0.3, 0.4) is 0 Å². The molecule has 5 rings (SSSR count). The van der Waals surface area contributed by atoms with Crippen LogP contribution in [-0.2, 0) is 24.4 Å². The molecule has 5 aromatic rings. The number of fused-ring (bicyclic) bond motifs is 2. The van der Waals surface area contributed by atoms with Gasteiger partial charge in [0.2, 0.25) is 0 Å². The van der Waals surface area contributed by atoms with E-state index in [1.165, 1.54) is 67.8 Å².